The van der Waals surface area contributed by atoms with E-state index in [0.717, 1.165) is 44.9 Å². The number of unbranched alkanes of at least 4 members (excludes halogenated alkanes) is 3. The molecule has 0 radical (unpaired) electrons. The number of hydrogen-bond acceptors (Lipinski definition) is 8. The number of rotatable bonds is 13. The van der Waals surface area contributed by atoms with E-state index in [1.165, 1.54) is 24.1 Å². The highest BCUT2D eigenvalue weighted by Gasteiger charge is 2.44. The highest BCUT2D eigenvalue weighted by atomic mass is 79.9. The lowest BCUT2D eigenvalue weighted by molar-refractivity contribution is -0.151. The van der Waals surface area contributed by atoms with Gasteiger partial charge in [0.1, 0.15) is 18.2 Å². The molecule has 3 rings (SSSR count). The third-order valence-electron chi connectivity index (χ3n) is 6.95. The van der Waals surface area contributed by atoms with Gasteiger partial charge in [-0.15, -0.1) is 6.58 Å². The lowest BCUT2D eigenvalue weighted by Gasteiger charge is -2.28. The van der Waals surface area contributed by atoms with Crippen LogP contribution in [0.1, 0.15) is 64.2 Å². The van der Waals surface area contributed by atoms with Crippen molar-refractivity contribution in [1.29, 1.82) is 0 Å². The molecule has 0 unspecified atom stereocenters. The zero-order valence-corrected chi connectivity index (χ0v) is 24.6. The van der Waals surface area contributed by atoms with Crippen LogP contribution in [0.4, 0.5) is 4.79 Å². The van der Waals surface area contributed by atoms with E-state index in [2.05, 4.69) is 27.8 Å². The topological polar surface area (TPSA) is 128 Å². The Labute approximate surface area is 238 Å². The average molecular weight is 630 g/mol. The number of esters is 1. The molecule has 0 spiro atoms. The summed E-state index contributed by atoms with van der Waals surface area (Å²) in [6.07, 6.45) is 7.06. The van der Waals surface area contributed by atoms with Crippen LogP contribution in [0, 0.1) is 0 Å². The summed E-state index contributed by atoms with van der Waals surface area (Å²) in [7, 11) is -2.95. The zero-order chi connectivity index (χ0) is 28.4. The van der Waals surface area contributed by atoms with E-state index in [0.29, 0.717) is 17.3 Å². The molecule has 216 valence electrons. The number of alkyl carbamates (subject to hydrolysis) is 1. The molecular formula is C27H37BrN2O8S. The fraction of sp³-hybridized carbons (Fsp3) is 0.593. The summed E-state index contributed by atoms with van der Waals surface area (Å²) in [4.78, 5) is 40.2. The molecule has 1 saturated heterocycles. The predicted molar refractivity (Wildman–Crippen MR) is 147 cm³/mol. The Hall–Kier alpha value is -2.44. The third-order valence-corrected chi connectivity index (χ3v) is 8.85. The number of hydrogen-bond donors (Lipinski definition) is 1. The normalized spacial score (nSPS) is 20.4. The number of carbonyl (C=O) groups is 3. The van der Waals surface area contributed by atoms with Crippen LogP contribution in [0.25, 0.3) is 0 Å². The van der Waals surface area contributed by atoms with Crippen LogP contribution in [0.3, 0.4) is 0 Å². The van der Waals surface area contributed by atoms with Crippen molar-refractivity contribution in [2.45, 2.75) is 93.4 Å². The fourth-order valence-corrected chi connectivity index (χ4v) is 6.25. The molecular weight excluding hydrogens is 592 g/mol. The van der Waals surface area contributed by atoms with Crippen molar-refractivity contribution in [1.82, 2.24) is 10.2 Å². The number of ether oxygens (including phenoxy) is 2. The van der Waals surface area contributed by atoms with Gasteiger partial charge < -0.3 is 19.7 Å². The third kappa shape index (κ3) is 9.04. The maximum Gasteiger partial charge on any atom is 0.408 e. The molecule has 1 aromatic rings. The van der Waals surface area contributed by atoms with Gasteiger partial charge >= 0.3 is 12.1 Å². The van der Waals surface area contributed by atoms with Crippen molar-refractivity contribution in [3.63, 3.8) is 0 Å². The van der Waals surface area contributed by atoms with Gasteiger partial charge in [-0.25, -0.2) is 9.59 Å². The fourth-order valence-electron chi connectivity index (χ4n) is 4.91. The molecule has 12 heteroatoms. The Morgan fingerprint density at radius 1 is 1.13 bits per heavy atom. The van der Waals surface area contributed by atoms with Gasteiger partial charge in [-0.1, -0.05) is 34.8 Å². The second-order valence-electron chi connectivity index (χ2n) is 9.83. The summed E-state index contributed by atoms with van der Waals surface area (Å²) < 4.78 is 42.3. The van der Waals surface area contributed by atoms with Crippen LogP contribution >= 0.6 is 15.9 Å². The van der Waals surface area contributed by atoms with E-state index in [1.807, 2.05) is 6.08 Å². The standard InChI is InChI=1S/C27H37BrN2O8S/c1-3-4-5-6-7-12-23(29-27(33)37-20-10-8-9-11-20)25(31)30-18-21(17-24(30)26(32)36-2)38-39(34,35)22-15-13-19(28)14-16-22/h3,13-16,20-21,23-24H,1,4-12,17-18H2,2H3,(H,29,33)/t21-,23-,24-/m0/s1. The maximum absolute atomic E-state index is 13.7. The smallest absolute Gasteiger partial charge is 0.408 e. The number of allylic oxidation sites excluding steroid dienone is 1. The van der Waals surface area contributed by atoms with Gasteiger partial charge in [-0.3, -0.25) is 8.98 Å². The number of nitrogens with one attached hydrogen (secondary N) is 1. The number of methoxy groups -OCH3 is 1. The molecule has 39 heavy (non-hydrogen) atoms. The van der Waals surface area contributed by atoms with Gasteiger partial charge in [-0.2, -0.15) is 8.42 Å². The minimum Gasteiger partial charge on any atom is -0.467 e. The quantitative estimate of drug-likeness (QED) is 0.147. The molecule has 1 aliphatic heterocycles. The van der Waals surface area contributed by atoms with Crippen molar-refractivity contribution in [2.75, 3.05) is 13.7 Å². The second kappa shape index (κ2) is 14.8. The Morgan fingerprint density at radius 2 is 1.82 bits per heavy atom. The van der Waals surface area contributed by atoms with Gasteiger partial charge in [0.25, 0.3) is 10.1 Å². The predicted octanol–water partition coefficient (Wildman–Crippen LogP) is 4.47. The Balaban J connectivity index is 1.74. The zero-order valence-electron chi connectivity index (χ0n) is 22.2. The molecule has 2 aliphatic rings. The summed E-state index contributed by atoms with van der Waals surface area (Å²) in [5.41, 5.74) is 0. The average Bonchev–Trinajstić information content (AvgIpc) is 3.57. The van der Waals surface area contributed by atoms with Gasteiger partial charge in [0, 0.05) is 17.4 Å². The molecule has 1 heterocycles. The number of carbonyl (C=O) groups excluding carboxylic acids is 3. The SMILES string of the molecule is C=CCCCCC[C@H](NC(=O)OC1CCCC1)C(=O)N1C[C@@H](OS(=O)(=O)c2ccc(Br)cc2)C[C@H]1C(=O)OC. The van der Waals surface area contributed by atoms with Crippen LogP contribution in [-0.2, 0) is 33.4 Å². The number of likely N-dealkylation sites (tertiary alicyclic amines) is 1. The van der Waals surface area contributed by atoms with E-state index in [-0.39, 0.29) is 24.0 Å². The van der Waals surface area contributed by atoms with E-state index in [1.54, 1.807) is 12.1 Å². The maximum atomic E-state index is 13.7. The summed E-state index contributed by atoms with van der Waals surface area (Å²) in [6, 6.07) is 3.96. The van der Waals surface area contributed by atoms with Crippen molar-refractivity contribution < 1.29 is 36.5 Å². The van der Waals surface area contributed by atoms with E-state index >= 15 is 0 Å². The number of halogens is 1. The summed E-state index contributed by atoms with van der Waals surface area (Å²) in [5.74, 6) is -1.20. The van der Waals surface area contributed by atoms with Gasteiger partial charge in [-0.05, 0) is 69.2 Å². The molecule has 1 aliphatic carbocycles. The summed E-state index contributed by atoms with van der Waals surface area (Å²) in [6.45, 7) is 3.56. The number of amides is 2. The van der Waals surface area contributed by atoms with Crippen LogP contribution < -0.4 is 5.32 Å². The van der Waals surface area contributed by atoms with Gasteiger partial charge in [0.2, 0.25) is 5.91 Å². The molecule has 1 aromatic carbocycles. The molecule has 1 N–H and O–H groups in total. The minimum atomic E-state index is -4.15. The molecule has 3 atom stereocenters. The monoisotopic (exact) mass is 628 g/mol. The molecule has 1 saturated carbocycles. The van der Waals surface area contributed by atoms with Crippen LogP contribution in [-0.4, -0.2) is 69.2 Å². The molecule has 0 aromatic heterocycles. The molecule has 10 nitrogen and oxygen atoms in total. The summed E-state index contributed by atoms with van der Waals surface area (Å²) in [5, 5.41) is 2.70. The first-order chi connectivity index (χ1) is 18.6. The van der Waals surface area contributed by atoms with E-state index < -0.39 is 46.3 Å². The first kappa shape index (κ1) is 31.1. The minimum absolute atomic E-state index is 0.0428. The molecule has 2 amide bonds. The van der Waals surface area contributed by atoms with Crippen molar-refractivity contribution >= 4 is 44.0 Å². The van der Waals surface area contributed by atoms with Crippen LogP contribution in [0.5, 0.6) is 0 Å². The van der Waals surface area contributed by atoms with E-state index in [4.69, 9.17) is 13.7 Å². The lowest BCUT2D eigenvalue weighted by Crippen LogP contribution is -2.52. The first-order valence-electron chi connectivity index (χ1n) is 13.3. The molecule has 0 bridgehead atoms. The summed E-state index contributed by atoms with van der Waals surface area (Å²) >= 11 is 3.27. The highest BCUT2D eigenvalue weighted by Crippen LogP contribution is 2.27. The van der Waals surface area contributed by atoms with Crippen molar-refractivity contribution in [2.24, 2.45) is 0 Å². The van der Waals surface area contributed by atoms with Crippen molar-refractivity contribution in [3.8, 4) is 0 Å². The van der Waals surface area contributed by atoms with Crippen LogP contribution in [0.2, 0.25) is 0 Å². The number of benzene rings is 1. The number of nitrogens with zero attached hydrogens (tertiary/aromatic N) is 1. The Bertz CT molecular complexity index is 1110. The Kier molecular flexibility index (Phi) is 11.8. The first-order valence-corrected chi connectivity index (χ1v) is 15.5. The lowest BCUT2D eigenvalue weighted by atomic mass is 10.1. The van der Waals surface area contributed by atoms with E-state index in [9.17, 15) is 22.8 Å². The highest BCUT2D eigenvalue weighted by molar-refractivity contribution is 9.10. The van der Waals surface area contributed by atoms with Gasteiger partial charge in [0.05, 0.1) is 18.1 Å². The Morgan fingerprint density at radius 3 is 2.46 bits per heavy atom. The van der Waals surface area contributed by atoms with Gasteiger partial charge in [0.15, 0.2) is 0 Å². The van der Waals surface area contributed by atoms with Crippen molar-refractivity contribution in [3.05, 3.63) is 41.4 Å². The largest absolute Gasteiger partial charge is 0.467 e. The molecule has 2 fully saturated rings. The van der Waals surface area contributed by atoms with Crippen LogP contribution in [0.15, 0.2) is 46.3 Å². The second-order valence-corrected chi connectivity index (χ2v) is 12.3.